The van der Waals surface area contributed by atoms with E-state index in [1.165, 1.54) is 6.07 Å². The highest BCUT2D eigenvalue weighted by Crippen LogP contribution is 2.25. The molecular weight excluding hydrogens is 283 g/mol. The lowest BCUT2D eigenvalue weighted by Crippen LogP contribution is -2.18. The quantitative estimate of drug-likeness (QED) is 0.754. The third-order valence-electron chi connectivity index (χ3n) is 3.58. The predicted molar refractivity (Wildman–Crippen MR) is 81.9 cm³/mol. The number of para-hydroxylation sites is 1. The molecule has 0 aliphatic carbocycles. The molecule has 22 heavy (non-hydrogen) atoms. The van der Waals surface area contributed by atoms with Crippen LogP contribution in [-0.2, 0) is 6.54 Å². The van der Waals surface area contributed by atoms with Crippen molar-refractivity contribution in [2.24, 2.45) is 0 Å². The zero-order valence-corrected chi connectivity index (χ0v) is 12.9. The Kier molecular flexibility index (Phi) is 3.94. The van der Waals surface area contributed by atoms with Gasteiger partial charge in [-0.1, -0.05) is 26.0 Å². The van der Waals surface area contributed by atoms with Crippen LogP contribution < -0.4 is 5.32 Å². The monoisotopic (exact) mass is 302 g/mol. The summed E-state index contributed by atoms with van der Waals surface area (Å²) < 4.78 is 19.3. The molecule has 3 aromatic rings. The number of aromatic nitrogens is 3. The molecule has 0 bridgehead atoms. The summed E-state index contributed by atoms with van der Waals surface area (Å²) in [7, 11) is 0. The van der Waals surface area contributed by atoms with Gasteiger partial charge in [-0.3, -0.25) is 5.10 Å². The van der Waals surface area contributed by atoms with Crippen LogP contribution in [0, 0.1) is 5.82 Å². The molecule has 0 fully saturated rings. The lowest BCUT2D eigenvalue weighted by Gasteiger charge is -2.09. The van der Waals surface area contributed by atoms with Crippen LogP contribution in [0.3, 0.4) is 0 Å². The first-order chi connectivity index (χ1) is 10.5. The highest BCUT2D eigenvalue weighted by molar-refractivity contribution is 5.78. The molecule has 1 aromatic carbocycles. The van der Waals surface area contributed by atoms with Crippen molar-refractivity contribution in [2.45, 2.75) is 39.3 Å². The van der Waals surface area contributed by atoms with Crippen LogP contribution in [0.2, 0.25) is 0 Å². The van der Waals surface area contributed by atoms with Crippen LogP contribution in [-0.4, -0.2) is 15.2 Å². The first kappa shape index (κ1) is 14.7. The normalized spacial score (nSPS) is 13.1. The summed E-state index contributed by atoms with van der Waals surface area (Å²) in [6.07, 6.45) is 0. The van der Waals surface area contributed by atoms with Gasteiger partial charge < -0.3 is 9.73 Å². The largest absolute Gasteiger partial charge is 0.456 e. The van der Waals surface area contributed by atoms with E-state index in [1.807, 2.05) is 32.9 Å². The second-order valence-corrected chi connectivity index (χ2v) is 5.70. The van der Waals surface area contributed by atoms with Crippen molar-refractivity contribution in [2.75, 3.05) is 0 Å². The van der Waals surface area contributed by atoms with E-state index in [2.05, 4.69) is 20.5 Å². The van der Waals surface area contributed by atoms with Gasteiger partial charge >= 0.3 is 0 Å². The van der Waals surface area contributed by atoms with E-state index >= 15 is 0 Å². The maximum absolute atomic E-state index is 13.7. The molecule has 0 radical (unpaired) electrons. The highest BCUT2D eigenvalue weighted by Gasteiger charge is 2.14. The summed E-state index contributed by atoms with van der Waals surface area (Å²) in [6.45, 7) is 6.60. The van der Waals surface area contributed by atoms with Crippen molar-refractivity contribution in [1.82, 2.24) is 20.5 Å². The van der Waals surface area contributed by atoms with E-state index < -0.39 is 0 Å². The van der Waals surface area contributed by atoms with Gasteiger partial charge in [-0.25, -0.2) is 9.37 Å². The van der Waals surface area contributed by atoms with E-state index in [0.29, 0.717) is 23.8 Å². The first-order valence-electron chi connectivity index (χ1n) is 7.37. The van der Waals surface area contributed by atoms with Gasteiger partial charge in [-0.15, -0.1) is 0 Å². The van der Waals surface area contributed by atoms with Gasteiger partial charge in [0.25, 0.3) is 0 Å². The van der Waals surface area contributed by atoms with E-state index in [9.17, 15) is 4.39 Å². The lowest BCUT2D eigenvalue weighted by atomic mass is 10.2. The van der Waals surface area contributed by atoms with Gasteiger partial charge in [-0.2, -0.15) is 5.10 Å². The first-order valence-corrected chi connectivity index (χ1v) is 7.37. The van der Waals surface area contributed by atoms with Gasteiger partial charge in [0, 0.05) is 11.3 Å². The average Bonchev–Trinajstić information content (AvgIpc) is 3.12. The molecular formula is C16H19FN4O. The topological polar surface area (TPSA) is 66.7 Å². The molecule has 0 aliphatic heterocycles. The SMILES string of the molecule is CC(C)c1n[nH]c(CNC(C)c2cc3cccc(F)c3o2)n1. The van der Waals surface area contributed by atoms with E-state index in [4.69, 9.17) is 4.42 Å². The molecule has 2 aromatic heterocycles. The Morgan fingerprint density at radius 1 is 1.32 bits per heavy atom. The zero-order valence-electron chi connectivity index (χ0n) is 12.9. The molecule has 1 atom stereocenters. The van der Waals surface area contributed by atoms with Crippen molar-refractivity contribution < 1.29 is 8.81 Å². The number of nitrogens with zero attached hydrogens (tertiary/aromatic N) is 2. The van der Waals surface area contributed by atoms with Crippen LogP contribution in [0.4, 0.5) is 4.39 Å². The fourth-order valence-corrected chi connectivity index (χ4v) is 2.26. The smallest absolute Gasteiger partial charge is 0.169 e. The number of aromatic amines is 1. The number of fused-ring (bicyclic) bond motifs is 1. The molecule has 1 unspecified atom stereocenters. The Morgan fingerprint density at radius 2 is 2.14 bits per heavy atom. The molecule has 0 saturated carbocycles. The predicted octanol–water partition coefficient (Wildman–Crippen LogP) is 3.66. The van der Waals surface area contributed by atoms with Crippen LogP contribution in [0.1, 0.15) is 50.1 Å². The molecule has 2 N–H and O–H groups in total. The van der Waals surface area contributed by atoms with Gasteiger partial charge in [-0.05, 0) is 19.1 Å². The number of furan rings is 1. The van der Waals surface area contributed by atoms with Crippen molar-refractivity contribution in [1.29, 1.82) is 0 Å². The maximum atomic E-state index is 13.7. The summed E-state index contributed by atoms with van der Waals surface area (Å²) in [5.41, 5.74) is 0.299. The molecule has 5 nitrogen and oxygen atoms in total. The van der Waals surface area contributed by atoms with Crippen LogP contribution in [0.15, 0.2) is 28.7 Å². The summed E-state index contributed by atoms with van der Waals surface area (Å²) in [5.74, 6) is 2.23. The Labute approximate surface area is 127 Å². The standard InChI is InChI=1S/C16H19FN4O/c1-9(2)16-19-14(20-21-16)8-18-10(3)13-7-11-5-4-6-12(17)15(11)22-13/h4-7,9-10,18H,8H2,1-3H3,(H,19,20,21). The molecule has 0 amide bonds. The average molecular weight is 302 g/mol. The number of hydrogen-bond acceptors (Lipinski definition) is 4. The number of H-pyrrole nitrogens is 1. The fourth-order valence-electron chi connectivity index (χ4n) is 2.26. The molecule has 3 rings (SSSR count). The minimum atomic E-state index is -0.340. The third-order valence-corrected chi connectivity index (χ3v) is 3.58. The molecule has 0 aliphatic rings. The number of benzene rings is 1. The number of halogens is 1. The fraction of sp³-hybridized carbons (Fsp3) is 0.375. The molecule has 2 heterocycles. The van der Waals surface area contributed by atoms with Gasteiger partial charge in [0.2, 0.25) is 0 Å². The minimum absolute atomic E-state index is 0.0561. The summed E-state index contributed by atoms with van der Waals surface area (Å²) in [6, 6.07) is 6.71. The summed E-state index contributed by atoms with van der Waals surface area (Å²) in [5, 5.41) is 11.1. The van der Waals surface area contributed by atoms with Crippen molar-refractivity contribution in [3.05, 3.63) is 47.5 Å². The van der Waals surface area contributed by atoms with Gasteiger partial charge in [0.05, 0.1) is 12.6 Å². The molecule has 0 saturated heterocycles. The Balaban J connectivity index is 1.70. The zero-order chi connectivity index (χ0) is 15.7. The molecule has 116 valence electrons. The van der Waals surface area contributed by atoms with E-state index in [1.54, 1.807) is 6.07 Å². The minimum Gasteiger partial charge on any atom is -0.456 e. The Bertz CT molecular complexity index is 777. The second kappa shape index (κ2) is 5.88. The Hall–Kier alpha value is -2.21. The summed E-state index contributed by atoms with van der Waals surface area (Å²) >= 11 is 0. The van der Waals surface area contributed by atoms with Crippen LogP contribution in [0.25, 0.3) is 11.0 Å². The van der Waals surface area contributed by atoms with Crippen molar-refractivity contribution in [3.8, 4) is 0 Å². The van der Waals surface area contributed by atoms with E-state index in [0.717, 1.165) is 17.0 Å². The second-order valence-electron chi connectivity index (χ2n) is 5.70. The van der Waals surface area contributed by atoms with Gasteiger partial charge in [0.15, 0.2) is 17.2 Å². The molecule has 0 spiro atoms. The van der Waals surface area contributed by atoms with Crippen molar-refractivity contribution in [3.63, 3.8) is 0 Å². The number of rotatable bonds is 5. The Morgan fingerprint density at radius 3 is 2.82 bits per heavy atom. The van der Waals surface area contributed by atoms with Crippen molar-refractivity contribution >= 4 is 11.0 Å². The van der Waals surface area contributed by atoms with Crippen LogP contribution in [0.5, 0.6) is 0 Å². The van der Waals surface area contributed by atoms with Crippen LogP contribution >= 0.6 is 0 Å². The van der Waals surface area contributed by atoms with Gasteiger partial charge in [0.1, 0.15) is 11.6 Å². The maximum Gasteiger partial charge on any atom is 0.169 e. The third kappa shape index (κ3) is 2.87. The molecule has 6 heteroatoms. The summed E-state index contributed by atoms with van der Waals surface area (Å²) in [4.78, 5) is 4.41. The van der Waals surface area contributed by atoms with E-state index in [-0.39, 0.29) is 11.9 Å². The highest BCUT2D eigenvalue weighted by atomic mass is 19.1. The number of hydrogen-bond donors (Lipinski definition) is 2. The number of nitrogens with one attached hydrogen (secondary N) is 2. The lowest BCUT2D eigenvalue weighted by molar-refractivity contribution is 0.438.